The predicted octanol–water partition coefficient (Wildman–Crippen LogP) is 2.70. The Morgan fingerprint density at radius 2 is 1.97 bits per heavy atom. The number of benzene rings is 1. The minimum atomic E-state index is -0.758. The van der Waals surface area contributed by atoms with Gasteiger partial charge in [0.1, 0.15) is 0 Å². The van der Waals surface area contributed by atoms with Crippen molar-refractivity contribution in [1.82, 2.24) is 10.6 Å². The van der Waals surface area contributed by atoms with Crippen molar-refractivity contribution in [2.24, 2.45) is 0 Å². The van der Waals surface area contributed by atoms with Gasteiger partial charge in [-0.1, -0.05) is 6.07 Å². The van der Waals surface area contributed by atoms with E-state index in [0.717, 1.165) is 0 Å². The molecule has 1 atom stereocenters. The van der Waals surface area contributed by atoms with E-state index in [4.69, 9.17) is 18.6 Å². The second-order valence-electron chi connectivity index (χ2n) is 6.07. The molecule has 2 heterocycles. The van der Waals surface area contributed by atoms with Gasteiger partial charge in [0.25, 0.3) is 0 Å². The number of hydrogen-bond donors (Lipinski definition) is 2. The zero-order chi connectivity index (χ0) is 21.0. The molecule has 0 fully saturated rings. The van der Waals surface area contributed by atoms with Crippen molar-refractivity contribution in [3.63, 3.8) is 0 Å². The van der Waals surface area contributed by atoms with E-state index in [1.54, 1.807) is 32.0 Å². The molecular formula is C20H20N2O7. The molecule has 0 aliphatic carbocycles. The van der Waals surface area contributed by atoms with Crippen LogP contribution in [0.3, 0.4) is 0 Å². The molecule has 1 aromatic carbocycles. The lowest BCUT2D eigenvalue weighted by molar-refractivity contribution is -0.139. The van der Waals surface area contributed by atoms with Crippen molar-refractivity contribution in [3.05, 3.63) is 59.2 Å². The molecule has 29 heavy (non-hydrogen) atoms. The fraction of sp³-hybridized carbons (Fsp3) is 0.250. The Balaban J connectivity index is 1.93. The molecule has 2 aromatic rings. The van der Waals surface area contributed by atoms with Crippen molar-refractivity contribution in [3.8, 4) is 11.5 Å². The molecule has 0 spiro atoms. The highest BCUT2D eigenvalue weighted by Crippen LogP contribution is 2.35. The molecule has 0 radical (unpaired) electrons. The molecule has 1 aromatic heterocycles. The fourth-order valence-electron chi connectivity index (χ4n) is 2.92. The lowest BCUT2D eigenvalue weighted by Gasteiger charge is -2.28. The van der Waals surface area contributed by atoms with Gasteiger partial charge in [-0.25, -0.2) is 14.4 Å². The van der Waals surface area contributed by atoms with Gasteiger partial charge in [0.2, 0.25) is 5.76 Å². The Hall–Kier alpha value is -3.75. The average Bonchev–Trinajstić information content (AvgIpc) is 3.22. The first kappa shape index (κ1) is 20.0. The van der Waals surface area contributed by atoms with Gasteiger partial charge >= 0.3 is 18.0 Å². The molecular weight excluding hydrogens is 380 g/mol. The Bertz CT molecular complexity index is 963. The van der Waals surface area contributed by atoms with E-state index in [1.807, 2.05) is 0 Å². The first-order chi connectivity index (χ1) is 13.9. The molecule has 0 bridgehead atoms. The van der Waals surface area contributed by atoms with E-state index in [0.29, 0.717) is 11.3 Å². The van der Waals surface area contributed by atoms with E-state index in [2.05, 4.69) is 10.6 Å². The van der Waals surface area contributed by atoms with Crippen LogP contribution in [0.4, 0.5) is 4.79 Å². The molecule has 0 saturated heterocycles. The normalized spacial score (nSPS) is 16.0. The third kappa shape index (κ3) is 4.23. The van der Waals surface area contributed by atoms with Crippen LogP contribution < -0.4 is 20.1 Å². The van der Waals surface area contributed by atoms with E-state index in [1.165, 1.54) is 25.5 Å². The number of rotatable bonds is 6. The van der Waals surface area contributed by atoms with Crippen LogP contribution in [-0.2, 0) is 9.53 Å². The smallest absolute Gasteiger partial charge is 0.379 e. The summed E-state index contributed by atoms with van der Waals surface area (Å²) in [6, 6.07) is 6.56. The van der Waals surface area contributed by atoms with Gasteiger partial charge in [0.05, 0.1) is 31.6 Å². The standard InChI is InChI=1S/C20H20N2O7/c1-4-27-19(24)16-11(2)21-20(25)22-17(16)12-7-8-13(15(10-12)26-3)29-18(23)14-6-5-9-28-14/h5-10,17H,4H2,1-3H3,(H2,21,22,25)/t17-/m1/s1. The summed E-state index contributed by atoms with van der Waals surface area (Å²) in [6.45, 7) is 3.51. The molecule has 2 amide bonds. The van der Waals surface area contributed by atoms with Crippen LogP contribution in [0.2, 0.25) is 0 Å². The summed E-state index contributed by atoms with van der Waals surface area (Å²) in [5, 5.41) is 5.27. The summed E-state index contributed by atoms with van der Waals surface area (Å²) in [4.78, 5) is 36.5. The quantitative estimate of drug-likeness (QED) is 0.566. The maximum atomic E-state index is 12.4. The Morgan fingerprint density at radius 3 is 2.62 bits per heavy atom. The Labute approximate surface area is 166 Å². The summed E-state index contributed by atoms with van der Waals surface area (Å²) in [7, 11) is 1.41. The van der Waals surface area contributed by atoms with Gasteiger partial charge in [-0.2, -0.15) is 0 Å². The number of carbonyl (C=O) groups excluding carboxylic acids is 3. The van der Waals surface area contributed by atoms with Gasteiger partial charge in [-0.05, 0) is 43.7 Å². The largest absolute Gasteiger partial charge is 0.493 e. The molecule has 9 heteroatoms. The lowest BCUT2D eigenvalue weighted by atomic mass is 9.95. The molecule has 2 N–H and O–H groups in total. The molecule has 0 unspecified atom stereocenters. The van der Waals surface area contributed by atoms with Crippen molar-refractivity contribution < 1.29 is 33.0 Å². The number of methoxy groups -OCH3 is 1. The molecule has 1 aliphatic heterocycles. The third-order valence-corrected chi connectivity index (χ3v) is 4.21. The van der Waals surface area contributed by atoms with Gasteiger partial charge < -0.3 is 29.3 Å². The number of furan rings is 1. The summed E-state index contributed by atoms with van der Waals surface area (Å²) in [5.74, 6) is -0.772. The number of carbonyl (C=O) groups is 3. The SMILES string of the molecule is CCOC(=O)C1=C(C)NC(=O)N[C@@H]1c1ccc(OC(=O)c2ccco2)c(OC)c1. The summed E-state index contributed by atoms with van der Waals surface area (Å²) in [6.07, 6.45) is 1.36. The second-order valence-corrected chi connectivity index (χ2v) is 6.07. The monoisotopic (exact) mass is 400 g/mol. The van der Waals surface area contributed by atoms with E-state index in [-0.39, 0.29) is 29.4 Å². The molecule has 9 nitrogen and oxygen atoms in total. The van der Waals surface area contributed by atoms with Gasteiger partial charge in [-0.15, -0.1) is 0 Å². The van der Waals surface area contributed by atoms with Crippen LogP contribution in [0.5, 0.6) is 11.5 Å². The predicted molar refractivity (Wildman–Crippen MR) is 100 cm³/mol. The number of allylic oxidation sites excluding steroid dienone is 1. The van der Waals surface area contributed by atoms with E-state index >= 15 is 0 Å². The molecule has 3 rings (SSSR count). The molecule has 0 saturated carbocycles. The van der Waals surface area contributed by atoms with Crippen LogP contribution >= 0.6 is 0 Å². The maximum Gasteiger partial charge on any atom is 0.379 e. The third-order valence-electron chi connectivity index (χ3n) is 4.21. The van der Waals surface area contributed by atoms with Crippen molar-refractivity contribution in [1.29, 1.82) is 0 Å². The number of hydrogen-bond acceptors (Lipinski definition) is 7. The topological polar surface area (TPSA) is 116 Å². The minimum absolute atomic E-state index is 0.0462. The number of urea groups is 1. The maximum absolute atomic E-state index is 12.4. The van der Waals surface area contributed by atoms with Crippen LogP contribution in [-0.4, -0.2) is 31.7 Å². The molecule has 1 aliphatic rings. The Morgan fingerprint density at radius 1 is 1.17 bits per heavy atom. The average molecular weight is 400 g/mol. The number of esters is 2. The zero-order valence-electron chi connectivity index (χ0n) is 16.1. The van der Waals surface area contributed by atoms with Gasteiger partial charge in [0, 0.05) is 5.70 Å². The fourth-order valence-corrected chi connectivity index (χ4v) is 2.92. The van der Waals surface area contributed by atoms with Crippen LogP contribution in [0.25, 0.3) is 0 Å². The van der Waals surface area contributed by atoms with Crippen LogP contribution in [0.15, 0.2) is 52.3 Å². The van der Waals surface area contributed by atoms with E-state index in [9.17, 15) is 14.4 Å². The first-order valence-electron chi connectivity index (χ1n) is 8.83. The second kappa shape index (κ2) is 8.51. The molecule has 152 valence electrons. The minimum Gasteiger partial charge on any atom is -0.493 e. The van der Waals surface area contributed by atoms with Crippen molar-refractivity contribution in [2.45, 2.75) is 19.9 Å². The highest BCUT2D eigenvalue weighted by molar-refractivity contribution is 5.95. The summed E-state index contributed by atoms with van der Waals surface area (Å²) < 4.78 is 20.8. The van der Waals surface area contributed by atoms with E-state index < -0.39 is 24.0 Å². The lowest BCUT2D eigenvalue weighted by Crippen LogP contribution is -2.45. The highest BCUT2D eigenvalue weighted by Gasteiger charge is 2.32. The number of nitrogens with one attached hydrogen (secondary N) is 2. The van der Waals surface area contributed by atoms with Crippen molar-refractivity contribution >= 4 is 18.0 Å². The van der Waals surface area contributed by atoms with Crippen LogP contribution in [0.1, 0.15) is 36.0 Å². The van der Waals surface area contributed by atoms with Crippen LogP contribution in [0, 0.1) is 0 Å². The van der Waals surface area contributed by atoms with Crippen molar-refractivity contribution in [2.75, 3.05) is 13.7 Å². The number of amides is 2. The van der Waals surface area contributed by atoms with Gasteiger partial charge in [0.15, 0.2) is 11.5 Å². The number of ether oxygens (including phenoxy) is 3. The first-order valence-corrected chi connectivity index (χ1v) is 8.83. The summed E-state index contributed by atoms with van der Waals surface area (Å²) >= 11 is 0. The zero-order valence-corrected chi connectivity index (χ0v) is 16.1. The van der Waals surface area contributed by atoms with Gasteiger partial charge in [-0.3, -0.25) is 0 Å². The summed E-state index contributed by atoms with van der Waals surface area (Å²) in [5.41, 5.74) is 1.22. The Kier molecular flexibility index (Phi) is 5.87. The highest BCUT2D eigenvalue weighted by atomic mass is 16.6.